The van der Waals surface area contributed by atoms with E-state index in [-0.39, 0.29) is 36.1 Å². The Balaban J connectivity index is 1.79. The highest BCUT2D eigenvalue weighted by Crippen LogP contribution is 2.44. The highest BCUT2D eigenvalue weighted by atomic mass is 16.5. The molecule has 1 heterocycles. The van der Waals surface area contributed by atoms with Crippen molar-refractivity contribution in [1.29, 1.82) is 0 Å². The summed E-state index contributed by atoms with van der Waals surface area (Å²) in [6.45, 7) is 4.86. The summed E-state index contributed by atoms with van der Waals surface area (Å²) < 4.78 is 5.63. The summed E-state index contributed by atoms with van der Waals surface area (Å²) in [5.74, 6) is 0.204. The van der Waals surface area contributed by atoms with Crippen LogP contribution in [-0.2, 0) is 9.53 Å². The molecule has 0 aromatic rings. The fourth-order valence-electron chi connectivity index (χ4n) is 2.61. The average Bonchev–Trinajstić information content (AvgIpc) is 3.05. The van der Waals surface area contributed by atoms with Crippen LogP contribution in [0.5, 0.6) is 0 Å². The van der Waals surface area contributed by atoms with E-state index in [0.717, 1.165) is 25.7 Å². The number of hydrogen-bond donors (Lipinski definition) is 2. The maximum Gasteiger partial charge on any atom is 0.223 e. The molecule has 4 nitrogen and oxygen atoms in total. The molecule has 0 bridgehead atoms. The average molecular weight is 241 g/mol. The van der Waals surface area contributed by atoms with Crippen LogP contribution >= 0.6 is 0 Å². The van der Waals surface area contributed by atoms with Gasteiger partial charge in [-0.25, -0.2) is 0 Å². The molecule has 1 aliphatic carbocycles. The SMILES string of the molecule is CC1CC(C(=O)NCC2(CO)CC2)CC(C)O1. The van der Waals surface area contributed by atoms with Crippen LogP contribution in [0.3, 0.4) is 0 Å². The molecule has 0 spiro atoms. The minimum atomic E-state index is -0.00193. The van der Waals surface area contributed by atoms with Crippen LogP contribution < -0.4 is 5.32 Å². The molecule has 1 aliphatic heterocycles. The first-order chi connectivity index (χ1) is 8.04. The number of hydrogen-bond acceptors (Lipinski definition) is 3. The summed E-state index contributed by atoms with van der Waals surface area (Å²) in [5.41, 5.74) is -0.00193. The van der Waals surface area contributed by atoms with E-state index in [1.165, 1.54) is 0 Å². The third kappa shape index (κ3) is 3.19. The topological polar surface area (TPSA) is 58.6 Å². The highest BCUT2D eigenvalue weighted by molar-refractivity contribution is 5.78. The van der Waals surface area contributed by atoms with Crippen LogP contribution in [0, 0.1) is 11.3 Å². The number of rotatable bonds is 4. The lowest BCUT2D eigenvalue weighted by atomic mass is 9.91. The summed E-state index contributed by atoms with van der Waals surface area (Å²) >= 11 is 0. The maximum absolute atomic E-state index is 12.0. The molecule has 2 N–H and O–H groups in total. The van der Waals surface area contributed by atoms with Gasteiger partial charge in [0.2, 0.25) is 5.91 Å². The number of aliphatic hydroxyl groups is 1. The van der Waals surface area contributed by atoms with E-state index in [9.17, 15) is 9.90 Å². The molecule has 98 valence electrons. The smallest absolute Gasteiger partial charge is 0.223 e. The van der Waals surface area contributed by atoms with Gasteiger partial charge in [-0.2, -0.15) is 0 Å². The van der Waals surface area contributed by atoms with Gasteiger partial charge >= 0.3 is 0 Å². The van der Waals surface area contributed by atoms with Crippen molar-refractivity contribution in [1.82, 2.24) is 5.32 Å². The third-order valence-corrected chi connectivity index (χ3v) is 4.00. The Bertz CT molecular complexity index is 278. The zero-order valence-corrected chi connectivity index (χ0v) is 10.7. The number of amides is 1. The van der Waals surface area contributed by atoms with Crippen molar-refractivity contribution in [3.05, 3.63) is 0 Å². The lowest BCUT2D eigenvalue weighted by Gasteiger charge is -2.31. The molecule has 17 heavy (non-hydrogen) atoms. The highest BCUT2D eigenvalue weighted by Gasteiger charge is 2.42. The summed E-state index contributed by atoms with van der Waals surface area (Å²) in [5, 5.41) is 12.2. The van der Waals surface area contributed by atoms with Gasteiger partial charge in [0.15, 0.2) is 0 Å². The van der Waals surface area contributed by atoms with Crippen molar-refractivity contribution < 1.29 is 14.6 Å². The molecule has 2 atom stereocenters. The fraction of sp³-hybridized carbons (Fsp3) is 0.923. The van der Waals surface area contributed by atoms with Gasteiger partial charge in [-0.3, -0.25) is 4.79 Å². The minimum absolute atomic E-state index is 0.00193. The van der Waals surface area contributed by atoms with E-state index in [4.69, 9.17) is 4.74 Å². The Morgan fingerprint density at radius 3 is 2.41 bits per heavy atom. The molecule has 1 amide bonds. The molecule has 4 heteroatoms. The van der Waals surface area contributed by atoms with Gasteiger partial charge in [0.1, 0.15) is 0 Å². The lowest BCUT2D eigenvalue weighted by molar-refractivity contribution is -0.133. The molecule has 2 aliphatic rings. The summed E-state index contributed by atoms with van der Waals surface area (Å²) in [7, 11) is 0. The zero-order valence-electron chi connectivity index (χ0n) is 10.7. The summed E-state index contributed by atoms with van der Waals surface area (Å²) in [6.07, 6.45) is 4.02. The first kappa shape index (κ1) is 12.8. The molecule has 0 radical (unpaired) electrons. The molecular formula is C13H23NO3. The Hall–Kier alpha value is -0.610. The van der Waals surface area contributed by atoms with E-state index in [1.54, 1.807) is 0 Å². The quantitative estimate of drug-likeness (QED) is 0.774. The lowest BCUT2D eigenvalue weighted by Crippen LogP contribution is -2.41. The van der Waals surface area contributed by atoms with Crippen molar-refractivity contribution in [3.63, 3.8) is 0 Å². The van der Waals surface area contributed by atoms with Gasteiger partial charge in [-0.1, -0.05) is 0 Å². The first-order valence-electron chi connectivity index (χ1n) is 6.59. The van der Waals surface area contributed by atoms with Crippen LogP contribution in [0.15, 0.2) is 0 Å². The number of ether oxygens (including phenoxy) is 1. The van der Waals surface area contributed by atoms with Crippen molar-refractivity contribution in [2.45, 2.75) is 51.7 Å². The molecule has 2 rings (SSSR count). The normalized spacial score (nSPS) is 35.4. The van der Waals surface area contributed by atoms with Gasteiger partial charge in [0.05, 0.1) is 18.8 Å². The monoisotopic (exact) mass is 241 g/mol. The van der Waals surface area contributed by atoms with Crippen molar-refractivity contribution in [2.24, 2.45) is 11.3 Å². The van der Waals surface area contributed by atoms with Crippen LogP contribution in [0.25, 0.3) is 0 Å². The molecule has 2 fully saturated rings. The second-order valence-electron chi connectivity index (χ2n) is 5.80. The van der Waals surface area contributed by atoms with Gasteiger partial charge in [-0.15, -0.1) is 0 Å². The van der Waals surface area contributed by atoms with Crippen LogP contribution in [0.1, 0.15) is 39.5 Å². The standard InChI is InChI=1S/C13H23NO3/c1-9-5-11(6-10(2)17-9)12(16)14-7-13(8-15)3-4-13/h9-11,15H,3-8H2,1-2H3,(H,14,16). The number of nitrogens with one attached hydrogen (secondary N) is 1. The molecular weight excluding hydrogens is 218 g/mol. The third-order valence-electron chi connectivity index (χ3n) is 4.00. The van der Waals surface area contributed by atoms with Crippen molar-refractivity contribution >= 4 is 5.91 Å². The predicted octanol–water partition coefficient (Wildman–Crippen LogP) is 1.08. The van der Waals surface area contributed by atoms with E-state index >= 15 is 0 Å². The molecule has 2 unspecified atom stereocenters. The summed E-state index contributed by atoms with van der Waals surface area (Å²) in [4.78, 5) is 12.0. The Morgan fingerprint density at radius 2 is 1.94 bits per heavy atom. The maximum atomic E-state index is 12.0. The first-order valence-corrected chi connectivity index (χ1v) is 6.59. The fourth-order valence-corrected chi connectivity index (χ4v) is 2.61. The van der Waals surface area contributed by atoms with E-state index in [2.05, 4.69) is 5.32 Å². The second-order valence-corrected chi connectivity index (χ2v) is 5.80. The molecule has 1 saturated heterocycles. The Kier molecular flexibility index (Phi) is 3.73. The van der Waals surface area contributed by atoms with Crippen LogP contribution in [0.4, 0.5) is 0 Å². The molecule has 0 aromatic carbocycles. The van der Waals surface area contributed by atoms with Crippen LogP contribution in [-0.4, -0.2) is 36.4 Å². The largest absolute Gasteiger partial charge is 0.396 e. The Morgan fingerprint density at radius 1 is 1.35 bits per heavy atom. The number of aliphatic hydroxyl groups excluding tert-OH is 1. The minimum Gasteiger partial charge on any atom is -0.396 e. The summed E-state index contributed by atoms with van der Waals surface area (Å²) in [6, 6.07) is 0. The van der Waals surface area contributed by atoms with E-state index in [1.807, 2.05) is 13.8 Å². The van der Waals surface area contributed by atoms with E-state index < -0.39 is 0 Å². The van der Waals surface area contributed by atoms with Crippen molar-refractivity contribution in [2.75, 3.05) is 13.2 Å². The van der Waals surface area contributed by atoms with Gasteiger partial charge in [0.25, 0.3) is 0 Å². The predicted molar refractivity (Wildman–Crippen MR) is 64.5 cm³/mol. The van der Waals surface area contributed by atoms with Gasteiger partial charge < -0.3 is 15.2 Å². The van der Waals surface area contributed by atoms with E-state index in [0.29, 0.717) is 6.54 Å². The number of carbonyl (C=O) groups excluding carboxylic acids is 1. The zero-order chi connectivity index (χ0) is 12.5. The Labute approximate surface area is 103 Å². The number of carbonyl (C=O) groups is 1. The molecule has 0 aromatic heterocycles. The second kappa shape index (κ2) is 4.94. The molecule has 1 saturated carbocycles. The van der Waals surface area contributed by atoms with Crippen LogP contribution in [0.2, 0.25) is 0 Å². The van der Waals surface area contributed by atoms with Gasteiger partial charge in [-0.05, 0) is 39.5 Å². The van der Waals surface area contributed by atoms with Gasteiger partial charge in [0, 0.05) is 17.9 Å². The van der Waals surface area contributed by atoms with Crippen molar-refractivity contribution in [3.8, 4) is 0 Å².